The number of anilines is 1. The summed E-state index contributed by atoms with van der Waals surface area (Å²) in [4.78, 5) is 25.7. The number of halogens is 1. The molecule has 7 heteroatoms. The van der Waals surface area contributed by atoms with Crippen LogP contribution in [-0.2, 0) is 9.59 Å². The van der Waals surface area contributed by atoms with Crippen LogP contribution < -0.4 is 20.7 Å². The summed E-state index contributed by atoms with van der Waals surface area (Å²) in [6, 6.07) is 7.32. The van der Waals surface area contributed by atoms with Gasteiger partial charge in [0.2, 0.25) is 5.91 Å². The number of nitrogens with zero attached hydrogens (tertiary/aromatic N) is 1. The Balaban J connectivity index is 0.00000225. The highest BCUT2D eigenvalue weighted by atomic mass is 35.5. The van der Waals surface area contributed by atoms with E-state index in [1.54, 1.807) is 17.0 Å². The van der Waals surface area contributed by atoms with Crippen molar-refractivity contribution in [2.75, 3.05) is 24.6 Å². The molecule has 138 valence electrons. The van der Waals surface area contributed by atoms with E-state index in [0.717, 1.165) is 31.5 Å². The van der Waals surface area contributed by atoms with Crippen LogP contribution in [0.15, 0.2) is 24.3 Å². The molecule has 1 aliphatic heterocycles. The van der Waals surface area contributed by atoms with E-state index in [-0.39, 0.29) is 36.4 Å². The minimum Gasteiger partial charge on any atom is -0.484 e. The highest BCUT2D eigenvalue weighted by Gasteiger charge is 2.41. The maximum atomic E-state index is 12.2. The average Bonchev–Trinajstić information content (AvgIpc) is 3.36. The van der Waals surface area contributed by atoms with Crippen LogP contribution in [0.5, 0.6) is 5.75 Å². The summed E-state index contributed by atoms with van der Waals surface area (Å²) in [5.41, 5.74) is 6.29. The van der Waals surface area contributed by atoms with Gasteiger partial charge in [-0.1, -0.05) is 6.07 Å². The van der Waals surface area contributed by atoms with E-state index in [1.807, 2.05) is 19.1 Å². The standard InChI is InChI=1S/C18H25N3O3.ClH/c1-18(12-19,13-7-8-13)20-16(22)11-24-15-5-2-4-14(10-15)21-9-3-6-17(21)23;/h2,4-5,10,13H,3,6-9,11-12,19H2,1H3,(H,20,22);1H. The minimum atomic E-state index is -0.343. The summed E-state index contributed by atoms with van der Waals surface area (Å²) >= 11 is 0. The second-order valence-corrected chi connectivity index (χ2v) is 6.88. The highest BCUT2D eigenvalue weighted by Crippen LogP contribution is 2.38. The van der Waals surface area contributed by atoms with E-state index in [1.165, 1.54) is 0 Å². The predicted octanol–water partition coefficient (Wildman–Crippen LogP) is 1.86. The SMILES string of the molecule is CC(CN)(NC(=O)COc1cccc(N2CCCC2=O)c1)C1CC1.Cl. The number of amides is 2. The van der Waals surface area contributed by atoms with Gasteiger partial charge in [0.1, 0.15) is 5.75 Å². The Morgan fingerprint density at radius 1 is 1.44 bits per heavy atom. The second kappa shape index (κ2) is 8.06. The highest BCUT2D eigenvalue weighted by molar-refractivity contribution is 5.95. The lowest BCUT2D eigenvalue weighted by molar-refractivity contribution is -0.125. The lowest BCUT2D eigenvalue weighted by Crippen LogP contribution is -2.54. The molecule has 1 heterocycles. The number of nitrogens with two attached hydrogens (primary N) is 1. The van der Waals surface area contributed by atoms with Gasteiger partial charge >= 0.3 is 0 Å². The molecule has 1 aliphatic carbocycles. The molecule has 1 aromatic rings. The molecule has 25 heavy (non-hydrogen) atoms. The van der Waals surface area contributed by atoms with Crippen LogP contribution in [0.3, 0.4) is 0 Å². The van der Waals surface area contributed by atoms with Gasteiger partial charge in [-0.2, -0.15) is 0 Å². The van der Waals surface area contributed by atoms with Crippen LogP contribution in [-0.4, -0.2) is 37.0 Å². The van der Waals surface area contributed by atoms with Crippen LogP contribution in [0, 0.1) is 5.92 Å². The largest absolute Gasteiger partial charge is 0.484 e. The van der Waals surface area contributed by atoms with Crippen molar-refractivity contribution >= 4 is 29.9 Å². The third-order valence-electron chi connectivity index (χ3n) is 4.90. The Labute approximate surface area is 154 Å². The quantitative estimate of drug-likeness (QED) is 0.770. The summed E-state index contributed by atoms with van der Waals surface area (Å²) in [6.07, 6.45) is 3.69. The first-order valence-electron chi connectivity index (χ1n) is 8.56. The van der Waals surface area contributed by atoms with Crippen LogP contribution >= 0.6 is 12.4 Å². The Morgan fingerprint density at radius 2 is 2.20 bits per heavy atom. The average molecular weight is 368 g/mol. The normalized spacial score (nSPS) is 19.1. The molecular formula is C18H26ClN3O3. The molecule has 0 bridgehead atoms. The second-order valence-electron chi connectivity index (χ2n) is 6.88. The number of hydrogen-bond donors (Lipinski definition) is 2. The molecule has 2 fully saturated rings. The molecule has 2 amide bonds. The smallest absolute Gasteiger partial charge is 0.258 e. The lowest BCUT2D eigenvalue weighted by atomic mass is 9.96. The van der Waals surface area contributed by atoms with E-state index in [9.17, 15) is 9.59 Å². The van der Waals surface area contributed by atoms with E-state index < -0.39 is 0 Å². The molecule has 0 spiro atoms. The van der Waals surface area contributed by atoms with Gasteiger partial charge in [-0.05, 0) is 44.2 Å². The van der Waals surface area contributed by atoms with Crippen molar-refractivity contribution in [1.29, 1.82) is 0 Å². The Kier molecular flexibility index (Phi) is 6.30. The number of carbonyl (C=O) groups is 2. The summed E-state index contributed by atoms with van der Waals surface area (Å²) in [7, 11) is 0. The van der Waals surface area contributed by atoms with Crippen molar-refractivity contribution in [3.8, 4) is 5.75 Å². The van der Waals surface area contributed by atoms with Gasteiger partial charge in [-0.25, -0.2) is 0 Å². The van der Waals surface area contributed by atoms with Gasteiger partial charge in [-0.15, -0.1) is 12.4 Å². The van der Waals surface area contributed by atoms with E-state index in [4.69, 9.17) is 10.5 Å². The Morgan fingerprint density at radius 3 is 2.80 bits per heavy atom. The Hall–Kier alpha value is -1.79. The van der Waals surface area contributed by atoms with Crippen LogP contribution in [0.2, 0.25) is 0 Å². The minimum absolute atomic E-state index is 0. The molecule has 0 aromatic heterocycles. The molecule has 1 unspecified atom stereocenters. The summed E-state index contributed by atoms with van der Waals surface area (Å²) in [6.45, 7) is 3.09. The first-order valence-corrected chi connectivity index (χ1v) is 8.56. The third-order valence-corrected chi connectivity index (χ3v) is 4.90. The first-order chi connectivity index (χ1) is 11.5. The molecule has 3 N–H and O–H groups in total. The molecule has 1 saturated carbocycles. The number of ether oxygens (including phenoxy) is 1. The van der Waals surface area contributed by atoms with E-state index in [2.05, 4.69) is 5.32 Å². The van der Waals surface area contributed by atoms with Gasteiger partial charge in [-0.3, -0.25) is 9.59 Å². The van der Waals surface area contributed by atoms with Crippen LogP contribution in [0.4, 0.5) is 5.69 Å². The number of hydrogen-bond acceptors (Lipinski definition) is 4. The number of nitrogens with one attached hydrogen (secondary N) is 1. The number of benzene rings is 1. The monoisotopic (exact) mass is 367 g/mol. The van der Waals surface area contributed by atoms with Gasteiger partial charge in [0, 0.05) is 31.3 Å². The molecule has 1 saturated heterocycles. The summed E-state index contributed by atoms with van der Waals surface area (Å²) < 4.78 is 5.60. The number of rotatable bonds is 7. The van der Waals surface area contributed by atoms with Crippen molar-refractivity contribution in [3.05, 3.63) is 24.3 Å². The molecule has 1 atom stereocenters. The van der Waals surface area contributed by atoms with Crippen molar-refractivity contribution in [2.45, 2.75) is 38.1 Å². The summed E-state index contributed by atoms with van der Waals surface area (Å²) in [5.74, 6) is 1.02. The van der Waals surface area contributed by atoms with Crippen molar-refractivity contribution in [2.24, 2.45) is 11.7 Å². The number of carbonyl (C=O) groups excluding carboxylic acids is 2. The first kappa shape index (κ1) is 19.5. The fraction of sp³-hybridized carbons (Fsp3) is 0.556. The van der Waals surface area contributed by atoms with Crippen LogP contribution in [0.1, 0.15) is 32.6 Å². The van der Waals surface area contributed by atoms with Gasteiger partial charge in [0.25, 0.3) is 5.91 Å². The molecule has 6 nitrogen and oxygen atoms in total. The van der Waals surface area contributed by atoms with E-state index >= 15 is 0 Å². The van der Waals surface area contributed by atoms with Gasteiger partial charge < -0.3 is 20.7 Å². The van der Waals surface area contributed by atoms with Crippen molar-refractivity contribution < 1.29 is 14.3 Å². The van der Waals surface area contributed by atoms with Gasteiger partial charge in [0.05, 0.1) is 5.54 Å². The molecule has 1 aromatic carbocycles. The molecule has 0 radical (unpaired) electrons. The predicted molar refractivity (Wildman–Crippen MR) is 99.1 cm³/mol. The van der Waals surface area contributed by atoms with Crippen molar-refractivity contribution in [3.63, 3.8) is 0 Å². The van der Waals surface area contributed by atoms with Crippen molar-refractivity contribution in [1.82, 2.24) is 5.32 Å². The summed E-state index contributed by atoms with van der Waals surface area (Å²) in [5, 5.41) is 3.00. The molecule has 3 rings (SSSR count). The molecule has 2 aliphatic rings. The fourth-order valence-electron chi connectivity index (χ4n) is 3.21. The molecular weight excluding hydrogens is 342 g/mol. The van der Waals surface area contributed by atoms with Crippen LogP contribution in [0.25, 0.3) is 0 Å². The fourth-order valence-corrected chi connectivity index (χ4v) is 3.21. The maximum Gasteiger partial charge on any atom is 0.258 e. The zero-order valence-corrected chi connectivity index (χ0v) is 15.3. The Bertz CT molecular complexity index is 636. The third kappa shape index (κ3) is 4.64. The van der Waals surface area contributed by atoms with E-state index in [0.29, 0.717) is 24.6 Å². The van der Waals surface area contributed by atoms with Gasteiger partial charge in [0.15, 0.2) is 6.61 Å². The zero-order chi connectivity index (χ0) is 17.2. The maximum absolute atomic E-state index is 12.2. The zero-order valence-electron chi connectivity index (χ0n) is 14.5. The topological polar surface area (TPSA) is 84.7 Å². The lowest BCUT2D eigenvalue weighted by Gasteiger charge is -2.29.